The number of hydrogen-bond donors (Lipinski definition) is 2. The summed E-state index contributed by atoms with van der Waals surface area (Å²) in [7, 11) is 7.94. The molecule has 1 rings (SSSR count). The van der Waals surface area contributed by atoms with Gasteiger partial charge in [-0.2, -0.15) is 0 Å². The smallest absolute Gasteiger partial charge is 0.191 e. The van der Waals surface area contributed by atoms with Gasteiger partial charge >= 0.3 is 0 Å². The quantitative estimate of drug-likeness (QED) is 0.389. The standard InChI is InChI=1S/C16H34N4O.HI/c1-13-8-7-9-16(10-13,20(4)5)12-18-15(17-3)19-14(2)11-21-6;/h13-14H,7-12H2,1-6H3,(H2,17,18,19);1H. The summed E-state index contributed by atoms with van der Waals surface area (Å²) in [6.07, 6.45) is 5.17. The van der Waals surface area contributed by atoms with Crippen molar-refractivity contribution in [1.29, 1.82) is 0 Å². The lowest BCUT2D eigenvalue weighted by molar-refractivity contribution is 0.0794. The first-order valence-corrected chi connectivity index (χ1v) is 8.07. The highest BCUT2D eigenvalue weighted by atomic mass is 127. The van der Waals surface area contributed by atoms with Crippen LogP contribution in [0.4, 0.5) is 0 Å². The molecule has 0 spiro atoms. The first-order chi connectivity index (χ1) is 9.93. The number of methoxy groups -OCH3 is 1. The van der Waals surface area contributed by atoms with Gasteiger partial charge in [-0.25, -0.2) is 0 Å². The Bertz CT molecular complexity index is 338. The predicted molar refractivity (Wildman–Crippen MR) is 105 cm³/mol. The van der Waals surface area contributed by atoms with Crippen LogP contribution < -0.4 is 10.6 Å². The Hall–Kier alpha value is -0.0800. The number of hydrogen-bond acceptors (Lipinski definition) is 3. The second-order valence-corrected chi connectivity index (χ2v) is 6.75. The van der Waals surface area contributed by atoms with Crippen LogP contribution in [0.15, 0.2) is 4.99 Å². The van der Waals surface area contributed by atoms with Crippen molar-refractivity contribution in [3.05, 3.63) is 0 Å². The second-order valence-electron chi connectivity index (χ2n) is 6.75. The molecule has 0 bridgehead atoms. The third-order valence-corrected chi connectivity index (χ3v) is 4.62. The van der Waals surface area contributed by atoms with E-state index in [4.69, 9.17) is 4.74 Å². The molecule has 22 heavy (non-hydrogen) atoms. The average Bonchev–Trinajstić information content (AvgIpc) is 2.43. The third kappa shape index (κ3) is 6.58. The van der Waals surface area contributed by atoms with Gasteiger partial charge < -0.3 is 20.3 Å². The van der Waals surface area contributed by atoms with Gasteiger partial charge in [0.15, 0.2) is 5.96 Å². The van der Waals surface area contributed by atoms with Crippen molar-refractivity contribution < 1.29 is 4.74 Å². The Balaban J connectivity index is 0.00000441. The van der Waals surface area contributed by atoms with Crippen LogP contribution in [0.2, 0.25) is 0 Å². The molecule has 1 saturated carbocycles. The average molecular weight is 426 g/mol. The molecule has 1 aliphatic rings. The van der Waals surface area contributed by atoms with Gasteiger partial charge in [-0.1, -0.05) is 19.8 Å². The molecule has 0 radical (unpaired) electrons. The van der Waals surface area contributed by atoms with Crippen molar-refractivity contribution >= 4 is 29.9 Å². The van der Waals surface area contributed by atoms with Gasteiger partial charge in [-0.3, -0.25) is 4.99 Å². The Morgan fingerprint density at radius 3 is 2.64 bits per heavy atom. The maximum absolute atomic E-state index is 5.16. The summed E-state index contributed by atoms with van der Waals surface area (Å²) in [4.78, 5) is 6.71. The van der Waals surface area contributed by atoms with Crippen molar-refractivity contribution in [3.8, 4) is 0 Å². The van der Waals surface area contributed by atoms with Gasteiger partial charge in [0.1, 0.15) is 0 Å². The Labute approximate surface area is 153 Å². The number of halogens is 1. The van der Waals surface area contributed by atoms with Crippen LogP contribution in [-0.4, -0.2) is 63.8 Å². The minimum Gasteiger partial charge on any atom is -0.383 e. The third-order valence-electron chi connectivity index (χ3n) is 4.62. The van der Waals surface area contributed by atoms with E-state index in [1.807, 2.05) is 7.05 Å². The molecular formula is C16H35IN4O. The molecule has 3 unspecified atom stereocenters. The molecule has 3 atom stereocenters. The van der Waals surface area contributed by atoms with Gasteiger partial charge in [-0.15, -0.1) is 24.0 Å². The van der Waals surface area contributed by atoms with E-state index in [0.717, 1.165) is 18.4 Å². The van der Waals surface area contributed by atoms with Crippen LogP contribution in [0.3, 0.4) is 0 Å². The zero-order valence-electron chi connectivity index (χ0n) is 15.1. The predicted octanol–water partition coefficient (Wildman–Crippen LogP) is 2.31. The van der Waals surface area contributed by atoms with E-state index in [1.54, 1.807) is 7.11 Å². The molecule has 0 saturated heterocycles. The number of rotatable bonds is 6. The zero-order valence-corrected chi connectivity index (χ0v) is 17.4. The van der Waals surface area contributed by atoms with E-state index in [9.17, 15) is 0 Å². The fourth-order valence-corrected chi connectivity index (χ4v) is 3.33. The maximum atomic E-state index is 5.16. The Kier molecular flexibility index (Phi) is 10.6. The van der Waals surface area contributed by atoms with Gasteiger partial charge in [0.2, 0.25) is 0 Å². The molecular weight excluding hydrogens is 391 g/mol. The minimum atomic E-state index is 0. The minimum absolute atomic E-state index is 0. The van der Waals surface area contributed by atoms with E-state index >= 15 is 0 Å². The van der Waals surface area contributed by atoms with Crippen molar-refractivity contribution in [2.75, 3.05) is 41.4 Å². The summed E-state index contributed by atoms with van der Waals surface area (Å²) in [5.74, 6) is 1.66. The summed E-state index contributed by atoms with van der Waals surface area (Å²) in [6, 6.07) is 0.252. The van der Waals surface area contributed by atoms with Crippen molar-refractivity contribution in [1.82, 2.24) is 15.5 Å². The Morgan fingerprint density at radius 1 is 1.45 bits per heavy atom. The Morgan fingerprint density at radius 2 is 2.14 bits per heavy atom. The number of likely N-dealkylation sites (N-methyl/N-ethyl adjacent to an activating group) is 1. The number of ether oxygens (including phenoxy) is 1. The van der Waals surface area contributed by atoms with Crippen molar-refractivity contribution in [2.24, 2.45) is 10.9 Å². The topological polar surface area (TPSA) is 48.9 Å². The highest BCUT2D eigenvalue weighted by molar-refractivity contribution is 14.0. The molecule has 1 aliphatic carbocycles. The van der Waals surface area contributed by atoms with Crippen LogP contribution in [0.5, 0.6) is 0 Å². The van der Waals surface area contributed by atoms with Crippen molar-refractivity contribution in [2.45, 2.75) is 51.1 Å². The van der Waals surface area contributed by atoms with Gasteiger partial charge in [-0.05, 0) is 39.8 Å². The lowest BCUT2D eigenvalue weighted by Gasteiger charge is -2.45. The maximum Gasteiger partial charge on any atom is 0.191 e. The molecule has 0 amide bonds. The normalized spacial score (nSPS) is 27.2. The van der Waals surface area contributed by atoms with Gasteiger partial charge in [0.25, 0.3) is 0 Å². The van der Waals surface area contributed by atoms with Gasteiger partial charge in [0.05, 0.1) is 6.61 Å². The number of nitrogens with one attached hydrogen (secondary N) is 2. The fraction of sp³-hybridized carbons (Fsp3) is 0.938. The van der Waals surface area contributed by atoms with Gasteiger partial charge in [0, 0.05) is 32.3 Å². The summed E-state index contributed by atoms with van der Waals surface area (Å²) < 4.78 is 5.16. The number of nitrogens with zero attached hydrogens (tertiary/aromatic N) is 2. The first kappa shape index (κ1) is 21.9. The molecule has 0 aromatic heterocycles. The summed E-state index contributed by atoms with van der Waals surface area (Å²) in [5.41, 5.74) is 0.236. The van der Waals surface area contributed by atoms with Crippen molar-refractivity contribution in [3.63, 3.8) is 0 Å². The first-order valence-electron chi connectivity index (χ1n) is 8.07. The summed E-state index contributed by atoms with van der Waals surface area (Å²) >= 11 is 0. The monoisotopic (exact) mass is 426 g/mol. The number of aliphatic imine (C=N–C) groups is 1. The van der Waals surface area contributed by atoms with E-state index in [0.29, 0.717) is 6.61 Å². The van der Waals surface area contributed by atoms with E-state index in [1.165, 1.54) is 25.7 Å². The zero-order chi connectivity index (χ0) is 15.9. The molecule has 2 N–H and O–H groups in total. The van der Waals surface area contributed by atoms with Crippen LogP contribution >= 0.6 is 24.0 Å². The molecule has 5 nitrogen and oxygen atoms in total. The molecule has 0 aromatic rings. The highest BCUT2D eigenvalue weighted by Crippen LogP contribution is 2.35. The van der Waals surface area contributed by atoms with E-state index in [2.05, 4.69) is 48.5 Å². The molecule has 1 fully saturated rings. The van der Waals surface area contributed by atoms with Crippen LogP contribution in [0.25, 0.3) is 0 Å². The lowest BCUT2D eigenvalue weighted by atomic mass is 9.75. The van der Waals surface area contributed by atoms with E-state index in [-0.39, 0.29) is 35.6 Å². The highest BCUT2D eigenvalue weighted by Gasteiger charge is 2.36. The SMILES string of the molecule is CN=C(NCC1(N(C)C)CCCC(C)C1)NC(C)COC.I. The lowest BCUT2D eigenvalue weighted by Crippen LogP contribution is -2.57. The molecule has 6 heteroatoms. The summed E-state index contributed by atoms with van der Waals surface area (Å²) in [6.45, 7) is 6.08. The number of guanidine groups is 1. The summed E-state index contributed by atoms with van der Waals surface area (Å²) in [5, 5.41) is 6.88. The van der Waals surface area contributed by atoms with E-state index < -0.39 is 0 Å². The molecule has 0 aromatic carbocycles. The largest absolute Gasteiger partial charge is 0.383 e. The van der Waals surface area contributed by atoms with Crippen LogP contribution in [0.1, 0.15) is 39.5 Å². The molecule has 0 heterocycles. The molecule has 132 valence electrons. The van der Waals surface area contributed by atoms with Crippen LogP contribution in [0, 0.1) is 5.92 Å². The molecule has 0 aliphatic heterocycles. The second kappa shape index (κ2) is 10.6. The van der Waals surface area contributed by atoms with Crippen LogP contribution in [-0.2, 0) is 4.74 Å². The fourth-order valence-electron chi connectivity index (χ4n) is 3.33.